The number of ether oxygens (including phenoxy) is 1. The van der Waals surface area contributed by atoms with E-state index in [-0.39, 0.29) is 12.2 Å². The van der Waals surface area contributed by atoms with Gasteiger partial charge in [0.1, 0.15) is 0 Å². The molecule has 4 rings (SSSR count). The molecule has 0 fully saturated rings. The summed E-state index contributed by atoms with van der Waals surface area (Å²) in [6.07, 6.45) is -0.567. The number of anilines is 1. The molecule has 27 heavy (non-hydrogen) atoms. The molecular formula is C19H17N5O3. The van der Waals surface area contributed by atoms with Crippen molar-refractivity contribution in [1.82, 2.24) is 20.2 Å². The van der Waals surface area contributed by atoms with Gasteiger partial charge in [0.25, 0.3) is 5.56 Å². The fraction of sp³-hybridized carbons (Fsp3) is 0.158. The lowest BCUT2D eigenvalue weighted by Crippen LogP contribution is -2.14. The highest BCUT2D eigenvalue weighted by molar-refractivity contribution is 5.98. The number of hydrogen-bond acceptors (Lipinski definition) is 5. The number of benzene rings is 2. The normalized spacial score (nSPS) is 11.0. The zero-order valence-electron chi connectivity index (χ0n) is 14.8. The summed E-state index contributed by atoms with van der Waals surface area (Å²) in [7, 11) is 0. The maximum atomic E-state index is 12.0. The number of carbonyl (C=O) groups is 1. The van der Waals surface area contributed by atoms with E-state index in [1.54, 1.807) is 13.0 Å². The molecule has 0 saturated heterocycles. The quantitative estimate of drug-likeness (QED) is 0.517. The molecule has 8 heteroatoms. The van der Waals surface area contributed by atoms with E-state index in [1.165, 1.54) is 0 Å². The molecule has 1 amide bonds. The smallest absolute Gasteiger partial charge is 0.413 e. The Labute approximate surface area is 153 Å². The van der Waals surface area contributed by atoms with Gasteiger partial charge in [-0.3, -0.25) is 10.1 Å². The Morgan fingerprint density at radius 1 is 1.19 bits per heavy atom. The lowest BCUT2D eigenvalue weighted by Gasteiger charge is -2.08. The van der Waals surface area contributed by atoms with E-state index in [4.69, 9.17) is 4.74 Å². The van der Waals surface area contributed by atoms with Crippen LogP contribution in [0, 0.1) is 6.92 Å². The molecule has 0 aliphatic rings. The van der Waals surface area contributed by atoms with Crippen molar-refractivity contribution in [2.75, 3.05) is 11.9 Å². The predicted octanol–water partition coefficient (Wildman–Crippen LogP) is 3.34. The van der Waals surface area contributed by atoms with Crippen LogP contribution < -0.4 is 10.9 Å². The molecule has 2 heterocycles. The van der Waals surface area contributed by atoms with Crippen molar-refractivity contribution in [2.45, 2.75) is 13.8 Å². The van der Waals surface area contributed by atoms with Crippen LogP contribution >= 0.6 is 0 Å². The van der Waals surface area contributed by atoms with Crippen LogP contribution in [0.5, 0.6) is 0 Å². The van der Waals surface area contributed by atoms with Gasteiger partial charge in [-0.25, -0.2) is 14.9 Å². The van der Waals surface area contributed by atoms with Crippen LogP contribution in [0.4, 0.5) is 10.7 Å². The number of aryl methyl sites for hydroxylation is 1. The van der Waals surface area contributed by atoms with Crippen molar-refractivity contribution in [3.63, 3.8) is 0 Å². The first-order valence-electron chi connectivity index (χ1n) is 8.49. The summed E-state index contributed by atoms with van der Waals surface area (Å²) in [4.78, 5) is 31.1. The second kappa shape index (κ2) is 6.56. The van der Waals surface area contributed by atoms with E-state index in [0.29, 0.717) is 22.5 Å². The van der Waals surface area contributed by atoms with Crippen molar-refractivity contribution in [3.05, 3.63) is 52.3 Å². The monoisotopic (exact) mass is 363 g/mol. The standard InChI is InChI=1S/C19H17N5O3/c1-3-27-19(26)22-18-20-14-9-8-11(10(2)15(14)21-18)16-12-6-4-5-7-13(12)17(25)24-23-16/h4-9H,3H2,1-2H3,(H,24,25)(H2,20,21,22,26). The third kappa shape index (κ3) is 2.91. The van der Waals surface area contributed by atoms with Gasteiger partial charge in [0, 0.05) is 10.9 Å². The summed E-state index contributed by atoms with van der Waals surface area (Å²) < 4.78 is 4.87. The first kappa shape index (κ1) is 16.8. The molecular weight excluding hydrogens is 346 g/mol. The van der Waals surface area contributed by atoms with Crippen LogP contribution in [-0.4, -0.2) is 32.9 Å². The molecule has 0 atom stereocenters. The van der Waals surface area contributed by atoms with Gasteiger partial charge >= 0.3 is 6.09 Å². The van der Waals surface area contributed by atoms with Gasteiger partial charge in [0.05, 0.1) is 28.7 Å². The number of aromatic amines is 2. The van der Waals surface area contributed by atoms with Gasteiger partial charge in [0.2, 0.25) is 5.95 Å². The fourth-order valence-electron chi connectivity index (χ4n) is 3.11. The Balaban J connectivity index is 1.84. The van der Waals surface area contributed by atoms with Crippen molar-refractivity contribution in [3.8, 4) is 11.3 Å². The number of aromatic nitrogens is 4. The first-order chi connectivity index (χ1) is 13.1. The van der Waals surface area contributed by atoms with Gasteiger partial charge in [0.15, 0.2) is 0 Å². The summed E-state index contributed by atoms with van der Waals surface area (Å²) in [6.45, 7) is 3.94. The van der Waals surface area contributed by atoms with Crippen LogP contribution in [0.15, 0.2) is 41.2 Å². The zero-order chi connectivity index (χ0) is 19.0. The highest BCUT2D eigenvalue weighted by atomic mass is 16.5. The maximum absolute atomic E-state index is 12.0. The first-order valence-corrected chi connectivity index (χ1v) is 8.49. The minimum Gasteiger partial charge on any atom is -0.450 e. The van der Waals surface area contributed by atoms with Crippen molar-refractivity contribution >= 4 is 33.8 Å². The molecule has 2 aromatic carbocycles. The number of carbonyl (C=O) groups excluding carboxylic acids is 1. The van der Waals surface area contributed by atoms with Crippen LogP contribution in [0.2, 0.25) is 0 Å². The molecule has 0 aliphatic carbocycles. The third-order valence-electron chi connectivity index (χ3n) is 4.35. The largest absolute Gasteiger partial charge is 0.450 e. The number of hydrogen-bond donors (Lipinski definition) is 3. The number of nitrogens with zero attached hydrogens (tertiary/aromatic N) is 2. The molecule has 8 nitrogen and oxygen atoms in total. The minimum atomic E-state index is -0.567. The average molecular weight is 363 g/mol. The zero-order valence-corrected chi connectivity index (χ0v) is 14.8. The van der Waals surface area contributed by atoms with Crippen LogP contribution in [0.25, 0.3) is 33.1 Å². The van der Waals surface area contributed by atoms with Crippen molar-refractivity contribution < 1.29 is 9.53 Å². The minimum absolute atomic E-state index is 0.228. The Hall–Kier alpha value is -3.68. The molecule has 2 aromatic heterocycles. The second-order valence-corrected chi connectivity index (χ2v) is 6.01. The van der Waals surface area contributed by atoms with Gasteiger partial charge in [-0.1, -0.05) is 24.3 Å². The second-order valence-electron chi connectivity index (χ2n) is 6.01. The fourth-order valence-corrected chi connectivity index (χ4v) is 3.11. The number of rotatable bonds is 3. The SMILES string of the molecule is CCOC(=O)Nc1nc2c(C)c(-c3n[nH]c(=O)c4ccccc34)ccc2[nH]1. The Kier molecular flexibility index (Phi) is 4.08. The molecule has 4 aromatic rings. The number of imidazole rings is 1. The lowest BCUT2D eigenvalue weighted by molar-refractivity contribution is 0.167. The van der Waals surface area contributed by atoms with Crippen LogP contribution in [0.3, 0.4) is 0 Å². The average Bonchev–Trinajstić information content (AvgIpc) is 3.07. The van der Waals surface area contributed by atoms with E-state index in [1.807, 2.05) is 37.3 Å². The predicted molar refractivity (Wildman–Crippen MR) is 103 cm³/mol. The van der Waals surface area contributed by atoms with Gasteiger partial charge in [-0.15, -0.1) is 0 Å². The molecule has 0 aliphatic heterocycles. The number of amides is 1. The molecule has 3 N–H and O–H groups in total. The molecule has 0 radical (unpaired) electrons. The summed E-state index contributed by atoms with van der Waals surface area (Å²) in [5.74, 6) is 0.308. The molecule has 136 valence electrons. The van der Waals surface area contributed by atoms with E-state index >= 15 is 0 Å². The third-order valence-corrected chi connectivity index (χ3v) is 4.35. The van der Waals surface area contributed by atoms with E-state index in [0.717, 1.165) is 22.0 Å². The Bertz CT molecular complexity index is 1230. The van der Waals surface area contributed by atoms with Gasteiger partial charge < -0.3 is 9.72 Å². The number of H-pyrrole nitrogens is 2. The summed E-state index contributed by atoms with van der Waals surface area (Å²) >= 11 is 0. The van der Waals surface area contributed by atoms with Crippen molar-refractivity contribution in [2.24, 2.45) is 0 Å². The molecule has 0 spiro atoms. The highest BCUT2D eigenvalue weighted by Crippen LogP contribution is 2.31. The summed E-state index contributed by atoms with van der Waals surface area (Å²) in [6, 6.07) is 11.1. The van der Waals surface area contributed by atoms with Crippen LogP contribution in [0.1, 0.15) is 12.5 Å². The van der Waals surface area contributed by atoms with Crippen molar-refractivity contribution in [1.29, 1.82) is 0 Å². The molecule has 0 unspecified atom stereocenters. The molecule has 0 saturated carbocycles. The number of nitrogens with one attached hydrogen (secondary N) is 3. The lowest BCUT2D eigenvalue weighted by atomic mass is 10.00. The van der Waals surface area contributed by atoms with E-state index in [9.17, 15) is 9.59 Å². The van der Waals surface area contributed by atoms with Gasteiger partial charge in [-0.2, -0.15) is 5.10 Å². The topological polar surface area (TPSA) is 113 Å². The molecule has 0 bridgehead atoms. The van der Waals surface area contributed by atoms with E-state index in [2.05, 4.69) is 25.5 Å². The summed E-state index contributed by atoms with van der Waals surface area (Å²) in [5, 5.41) is 10.7. The summed E-state index contributed by atoms with van der Waals surface area (Å²) in [5.41, 5.74) is 3.66. The Morgan fingerprint density at radius 3 is 2.74 bits per heavy atom. The van der Waals surface area contributed by atoms with E-state index < -0.39 is 6.09 Å². The maximum Gasteiger partial charge on any atom is 0.413 e. The Morgan fingerprint density at radius 2 is 1.96 bits per heavy atom. The van der Waals surface area contributed by atoms with Gasteiger partial charge in [-0.05, 0) is 31.5 Å². The van der Waals surface area contributed by atoms with Crippen LogP contribution in [-0.2, 0) is 4.74 Å². The highest BCUT2D eigenvalue weighted by Gasteiger charge is 2.15. The number of fused-ring (bicyclic) bond motifs is 2.